The Morgan fingerprint density at radius 3 is 2.90 bits per heavy atom. The molecule has 4 heteroatoms. The van der Waals surface area contributed by atoms with Gasteiger partial charge >= 0.3 is 0 Å². The van der Waals surface area contributed by atoms with Gasteiger partial charge in [0.15, 0.2) is 0 Å². The van der Waals surface area contributed by atoms with Crippen molar-refractivity contribution in [1.29, 1.82) is 0 Å². The van der Waals surface area contributed by atoms with Gasteiger partial charge in [0.1, 0.15) is 5.82 Å². The van der Waals surface area contributed by atoms with Crippen molar-refractivity contribution in [2.75, 3.05) is 19.8 Å². The Morgan fingerprint density at radius 2 is 2.15 bits per heavy atom. The second kappa shape index (κ2) is 8.01. The molecular weight excluding hydrogens is 259 g/mol. The highest BCUT2D eigenvalue weighted by atomic mass is 19.1. The standard InChI is InChI=1S/C16H19FO3/c17-16-5-4-13(11-14(16)3-1-2-8-18)12-20-15-6-9-19-10-7-15/h4-5,11,15,18H,2,6-10,12H2. The first-order chi connectivity index (χ1) is 9.79. The molecule has 0 bridgehead atoms. The molecule has 2 rings (SSSR count). The number of aliphatic hydroxyl groups excluding tert-OH is 1. The maximum absolute atomic E-state index is 13.6. The number of ether oxygens (including phenoxy) is 2. The molecule has 0 saturated carbocycles. The molecule has 0 amide bonds. The van der Waals surface area contributed by atoms with Crippen LogP contribution in [0.15, 0.2) is 18.2 Å². The average Bonchev–Trinajstić information content (AvgIpc) is 2.49. The number of benzene rings is 1. The predicted octanol–water partition coefficient (Wildman–Crippen LogP) is 2.26. The molecule has 108 valence electrons. The van der Waals surface area contributed by atoms with Gasteiger partial charge in [0, 0.05) is 19.6 Å². The van der Waals surface area contributed by atoms with Crippen molar-refractivity contribution in [2.24, 2.45) is 0 Å². The zero-order valence-electron chi connectivity index (χ0n) is 11.4. The topological polar surface area (TPSA) is 38.7 Å². The van der Waals surface area contributed by atoms with Crippen LogP contribution in [0.2, 0.25) is 0 Å². The van der Waals surface area contributed by atoms with Crippen molar-refractivity contribution in [3.63, 3.8) is 0 Å². The summed E-state index contributed by atoms with van der Waals surface area (Å²) in [7, 11) is 0. The van der Waals surface area contributed by atoms with Crippen LogP contribution in [0.4, 0.5) is 4.39 Å². The van der Waals surface area contributed by atoms with Gasteiger partial charge in [0.2, 0.25) is 0 Å². The third-order valence-electron chi connectivity index (χ3n) is 3.14. The van der Waals surface area contributed by atoms with Gasteiger partial charge in [-0.3, -0.25) is 0 Å². The average molecular weight is 278 g/mol. The minimum atomic E-state index is -0.342. The Balaban J connectivity index is 1.94. The first-order valence-corrected chi connectivity index (χ1v) is 6.87. The van der Waals surface area contributed by atoms with E-state index in [-0.39, 0.29) is 18.5 Å². The monoisotopic (exact) mass is 278 g/mol. The van der Waals surface area contributed by atoms with E-state index in [1.807, 2.05) is 0 Å². The Bertz CT molecular complexity index is 484. The SMILES string of the molecule is OCCC#Cc1cc(COC2CCOCC2)ccc1F. The van der Waals surface area contributed by atoms with Gasteiger partial charge in [0.25, 0.3) is 0 Å². The van der Waals surface area contributed by atoms with Crippen molar-refractivity contribution in [3.8, 4) is 11.8 Å². The van der Waals surface area contributed by atoms with Crippen molar-refractivity contribution in [3.05, 3.63) is 35.1 Å². The minimum absolute atomic E-state index is 0.0127. The predicted molar refractivity (Wildman–Crippen MR) is 73.6 cm³/mol. The number of halogens is 1. The van der Waals surface area contributed by atoms with Gasteiger partial charge in [-0.25, -0.2) is 4.39 Å². The van der Waals surface area contributed by atoms with E-state index < -0.39 is 0 Å². The van der Waals surface area contributed by atoms with E-state index in [0.29, 0.717) is 18.6 Å². The van der Waals surface area contributed by atoms with Gasteiger partial charge < -0.3 is 14.6 Å². The zero-order chi connectivity index (χ0) is 14.2. The summed E-state index contributed by atoms with van der Waals surface area (Å²) in [6.07, 6.45) is 2.38. The molecule has 0 aromatic heterocycles. The Labute approximate surface area is 118 Å². The number of hydrogen-bond donors (Lipinski definition) is 1. The fraction of sp³-hybridized carbons (Fsp3) is 0.500. The number of hydrogen-bond acceptors (Lipinski definition) is 3. The van der Waals surface area contributed by atoms with Gasteiger partial charge in [-0.05, 0) is 30.5 Å². The van der Waals surface area contributed by atoms with Crippen molar-refractivity contribution in [1.82, 2.24) is 0 Å². The second-order valence-electron chi connectivity index (χ2n) is 4.71. The molecule has 0 spiro atoms. The molecule has 1 aromatic rings. The van der Waals surface area contributed by atoms with Crippen LogP contribution in [0.5, 0.6) is 0 Å². The van der Waals surface area contributed by atoms with E-state index in [1.165, 1.54) is 6.07 Å². The van der Waals surface area contributed by atoms with E-state index in [0.717, 1.165) is 31.6 Å². The molecule has 1 saturated heterocycles. The highest BCUT2D eigenvalue weighted by molar-refractivity contribution is 5.38. The lowest BCUT2D eigenvalue weighted by Crippen LogP contribution is -2.23. The second-order valence-corrected chi connectivity index (χ2v) is 4.71. The van der Waals surface area contributed by atoms with E-state index in [4.69, 9.17) is 14.6 Å². The van der Waals surface area contributed by atoms with E-state index >= 15 is 0 Å². The molecule has 0 radical (unpaired) electrons. The molecule has 3 nitrogen and oxygen atoms in total. The van der Waals surface area contributed by atoms with Crippen LogP contribution in [0, 0.1) is 17.7 Å². The summed E-state index contributed by atoms with van der Waals surface area (Å²) in [4.78, 5) is 0. The molecule has 0 atom stereocenters. The van der Waals surface area contributed by atoms with Crippen LogP contribution in [-0.2, 0) is 16.1 Å². The molecule has 1 fully saturated rings. The molecule has 1 aliphatic rings. The molecule has 1 heterocycles. The van der Waals surface area contributed by atoms with Crippen molar-refractivity contribution in [2.45, 2.75) is 32.0 Å². The number of rotatable bonds is 4. The normalized spacial score (nSPS) is 15.7. The highest BCUT2D eigenvalue weighted by Gasteiger charge is 2.14. The van der Waals surface area contributed by atoms with Crippen LogP contribution in [0.1, 0.15) is 30.4 Å². The van der Waals surface area contributed by atoms with Crippen LogP contribution >= 0.6 is 0 Å². The van der Waals surface area contributed by atoms with Crippen LogP contribution in [0.25, 0.3) is 0 Å². The van der Waals surface area contributed by atoms with Gasteiger partial charge in [0.05, 0.1) is 24.9 Å². The Morgan fingerprint density at radius 1 is 1.35 bits per heavy atom. The van der Waals surface area contributed by atoms with Crippen LogP contribution in [0.3, 0.4) is 0 Å². The summed E-state index contributed by atoms with van der Waals surface area (Å²) in [5.41, 5.74) is 1.26. The third kappa shape index (κ3) is 4.61. The van der Waals surface area contributed by atoms with Crippen molar-refractivity contribution >= 4 is 0 Å². The summed E-state index contributed by atoms with van der Waals surface area (Å²) in [6, 6.07) is 4.83. The lowest BCUT2D eigenvalue weighted by atomic mass is 10.1. The summed E-state index contributed by atoms with van der Waals surface area (Å²) in [5.74, 6) is 5.12. The maximum Gasteiger partial charge on any atom is 0.138 e. The summed E-state index contributed by atoms with van der Waals surface area (Å²) in [6.45, 7) is 1.93. The highest BCUT2D eigenvalue weighted by Crippen LogP contribution is 2.15. The fourth-order valence-electron chi connectivity index (χ4n) is 2.03. The van der Waals surface area contributed by atoms with Gasteiger partial charge in [-0.15, -0.1) is 0 Å². The largest absolute Gasteiger partial charge is 0.395 e. The molecule has 1 aliphatic heterocycles. The first-order valence-electron chi connectivity index (χ1n) is 6.87. The van der Waals surface area contributed by atoms with E-state index in [9.17, 15) is 4.39 Å². The number of aliphatic hydroxyl groups is 1. The zero-order valence-corrected chi connectivity index (χ0v) is 11.4. The maximum atomic E-state index is 13.6. The van der Waals surface area contributed by atoms with Gasteiger partial charge in [-0.2, -0.15) is 0 Å². The van der Waals surface area contributed by atoms with Crippen LogP contribution in [-0.4, -0.2) is 31.0 Å². The molecule has 1 aromatic carbocycles. The lowest BCUT2D eigenvalue weighted by molar-refractivity contribution is -0.0390. The first kappa shape index (κ1) is 15.0. The fourth-order valence-corrected chi connectivity index (χ4v) is 2.03. The summed E-state index contributed by atoms with van der Waals surface area (Å²) >= 11 is 0. The quantitative estimate of drug-likeness (QED) is 0.859. The molecule has 0 unspecified atom stereocenters. The summed E-state index contributed by atoms with van der Waals surface area (Å²) in [5, 5.41) is 8.67. The Kier molecular flexibility index (Phi) is 6.00. The third-order valence-corrected chi connectivity index (χ3v) is 3.14. The minimum Gasteiger partial charge on any atom is -0.395 e. The summed E-state index contributed by atoms with van der Waals surface area (Å²) < 4.78 is 24.6. The van der Waals surface area contributed by atoms with Crippen LogP contribution < -0.4 is 0 Å². The van der Waals surface area contributed by atoms with Crippen molar-refractivity contribution < 1.29 is 19.0 Å². The molecule has 1 N–H and O–H groups in total. The molecule has 0 aliphatic carbocycles. The lowest BCUT2D eigenvalue weighted by Gasteiger charge is -2.22. The van der Waals surface area contributed by atoms with Gasteiger partial charge in [-0.1, -0.05) is 17.9 Å². The Hall–Kier alpha value is -1.41. The smallest absolute Gasteiger partial charge is 0.138 e. The molecule has 20 heavy (non-hydrogen) atoms. The molecular formula is C16H19FO3. The van der Waals surface area contributed by atoms with E-state index in [2.05, 4.69) is 11.8 Å². The van der Waals surface area contributed by atoms with E-state index in [1.54, 1.807) is 12.1 Å².